The molecular weight excluding hydrogens is 481 g/mol. The summed E-state index contributed by atoms with van der Waals surface area (Å²) in [5.41, 5.74) is 8.78. The first-order valence-electron chi connectivity index (χ1n) is 11.1. The first-order chi connectivity index (χ1) is 17.0. The van der Waals surface area contributed by atoms with Gasteiger partial charge in [0.25, 0.3) is 17.6 Å². The Morgan fingerprint density at radius 3 is 2.56 bits per heavy atom. The van der Waals surface area contributed by atoms with Crippen molar-refractivity contribution in [2.75, 3.05) is 5.32 Å². The van der Waals surface area contributed by atoms with Crippen LogP contribution in [0, 0.1) is 6.92 Å². The van der Waals surface area contributed by atoms with Crippen molar-refractivity contribution in [3.63, 3.8) is 0 Å². The maximum atomic E-state index is 13.2. The Morgan fingerprint density at radius 1 is 1.22 bits per heavy atom. The van der Waals surface area contributed by atoms with Gasteiger partial charge in [0.2, 0.25) is 0 Å². The Kier molecular flexibility index (Phi) is 6.43. The SMILES string of the molecule is Cc1c(C(=O)C(=O)NC2(C(=CN)NN)CC2)c2n(c1C(=O)Nc1cccc(OC(F)(F)F)c1)CCC2. The number of hydrazine groups is 1. The summed E-state index contributed by atoms with van der Waals surface area (Å²) >= 11 is 0. The highest BCUT2D eigenvalue weighted by atomic mass is 19.4. The maximum Gasteiger partial charge on any atom is 0.573 e. The van der Waals surface area contributed by atoms with Crippen LogP contribution in [0.4, 0.5) is 18.9 Å². The van der Waals surface area contributed by atoms with Gasteiger partial charge in [0.05, 0.1) is 16.8 Å². The van der Waals surface area contributed by atoms with Crippen LogP contribution in [0.3, 0.4) is 0 Å². The van der Waals surface area contributed by atoms with Crippen LogP contribution in [-0.4, -0.2) is 34.1 Å². The molecule has 2 amide bonds. The van der Waals surface area contributed by atoms with Crippen molar-refractivity contribution in [1.82, 2.24) is 15.3 Å². The fourth-order valence-electron chi connectivity index (χ4n) is 4.59. The van der Waals surface area contributed by atoms with Crippen molar-refractivity contribution in [1.29, 1.82) is 0 Å². The molecule has 0 saturated heterocycles. The number of ether oxygens (including phenoxy) is 1. The molecule has 13 heteroatoms. The van der Waals surface area contributed by atoms with Crippen LogP contribution in [0.5, 0.6) is 5.75 Å². The third-order valence-electron chi connectivity index (χ3n) is 6.32. The normalized spacial score (nSPS) is 16.2. The summed E-state index contributed by atoms with van der Waals surface area (Å²) in [5, 5.41) is 5.25. The third kappa shape index (κ3) is 4.73. The first kappa shape index (κ1) is 25.1. The molecule has 1 saturated carbocycles. The van der Waals surface area contributed by atoms with E-state index in [1.165, 1.54) is 18.3 Å². The Labute approximate surface area is 203 Å². The number of hydrogen-bond acceptors (Lipinski definition) is 7. The second-order valence-corrected chi connectivity index (χ2v) is 8.67. The molecule has 2 heterocycles. The van der Waals surface area contributed by atoms with Crippen molar-refractivity contribution in [3.8, 4) is 5.75 Å². The molecule has 0 bridgehead atoms. The topological polar surface area (TPSA) is 153 Å². The molecule has 7 N–H and O–H groups in total. The van der Waals surface area contributed by atoms with Crippen molar-refractivity contribution < 1.29 is 32.3 Å². The molecular formula is C23H25F3N6O4. The molecule has 36 heavy (non-hydrogen) atoms. The van der Waals surface area contributed by atoms with E-state index in [9.17, 15) is 27.6 Å². The number of fused-ring (bicyclic) bond motifs is 1. The van der Waals surface area contributed by atoms with E-state index in [1.54, 1.807) is 11.5 Å². The fourth-order valence-corrected chi connectivity index (χ4v) is 4.59. The van der Waals surface area contributed by atoms with E-state index in [0.717, 1.165) is 12.1 Å². The highest BCUT2D eigenvalue weighted by molar-refractivity contribution is 6.44. The van der Waals surface area contributed by atoms with Crippen LogP contribution in [-0.2, 0) is 17.8 Å². The van der Waals surface area contributed by atoms with Gasteiger partial charge in [0.15, 0.2) is 0 Å². The van der Waals surface area contributed by atoms with Crippen molar-refractivity contribution >= 4 is 23.3 Å². The smallest absolute Gasteiger partial charge is 0.406 e. The summed E-state index contributed by atoms with van der Waals surface area (Å²) in [6.07, 6.45) is -1.39. The molecule has 192 valence electrons. The highest BCUT2D eigenvalue weighted by Gasteiger charge is 2.49. The number of benzene rings is 1. The van der Waals surface area contributed by atoms with Crippen LogP contribution in [0.15, 0.2) is 36.2 Å². The lowest BCUT2D eigenvalue weighted by molar-refractivity contribution is -0.274. The van der Waals surface area contributed by atoms with Gasteiger partial charge in [0, 0.05) is 30.2 Å². The predicted octanol–water partition coefficient (Wildman–Crippen LogP) is 1.99. The van der Waals surface area contributed by atoms with Gasteiger partial charge < -0.3 is 31.1 Å². The quantitative estimate of drug-likeness (QED) is 0.159. The predicted molar refractivity (Wildman–Crippen MR) is 123 cm³/mol. The van der Waals surface area contributed by atoms with Gasteiger partial charge in [-0.1, -0.05) is 6.07 Å². The van der Waals surface area contributed by atoms with E-state index in [4.69, 9.17) is 11.6 Å². The van der Waals surface area contributed by atoms with Crippen LogP contribution < -0.4 is 32.4 Å². The lowest BCUT2D eigenvalue weighted by atomic mass is 10.0. The monoisotopic (exact) mass is 506 g/mol. The Bertz CT molecular complexity index is 1260. The number of ketones is 1. The van der Waals surface area contributed by atoms with Crippen molar-refractivity contribution in [3.05, 3.63) is 58.7 Å². The van der Waals surface area contributed by atoms with Gasteiger partial charge in [-0.05, 0) is 50.3 Å². The molecule has 1 aromatic heterocycles. The molecule has 0 spiro atoms. The standard InChI is InChI=1S/C23H25F3N6O4/c1-12-17(19(33)21(35)30-22(7-8-22)16(11-27)31-28)15-6-3-9-32(15)18(12)20(34)29-13-4-2-5-14(10-13)36-23(24,25)26/h2,4-5,10-11,31H,3,6-9,27-28H2,1H3,(H,29,34)(H,30,35). The number of hydrogen-bond donors (Lipinski definition) is 5. The second-order valence-electron chi connectivity index (χ2n) is 8.67. The molecule has 1 aliphatic carbocycles. The summed E-state index contributed by atoms with van der Waals surface area (Å²) in [6, 6.07) is 4.86. The average molecular weight is 506 g/mol. The molecule has 2 aromatic rings. The number of anilines is 1. The lowest BCUT2D eigenvalue weighted by Crippen LogP contribution is -2.47. The number of aromatic nitrogens is 1. The third-order valence-corrected chi connectivity index (χ3v) is 6.32. The number of Topliss-reactive ketones (excluding diaryl/α,β-unsaturated/α-hetero) is 1. The van der Waals surface area contributed by atoms with E-state index in [2.05, 4.69) is 20.8 Å². The summed E-state index contributed by atoms with van der Waals surface area (Å²) < 4.78 is 43.2. The van der Waals surface area contributed by atoms with E-state index in [0.29, 0.717) is 49.2 Å². The van der Waals surface area contributed by atoms with Crippen LogP contribution >= 0.6 is 0 Å². The molecule has 0 radical (unpaired) electrons. The number of nitrogens with one attached hydrogen (secondary N) is 3. The zero-order valence-corrected chi connectivity index (χ0v) is 19.3. The largest absolute Gasteiger partial charge is 0.573 e. The molecule has 1 aliphatic heterocycles. The van der Waals surface area contributed by atoms with Crippen LogP contribution in [0.25, 0.3) is 0 Å². The highest BCUT2D eigenvalue weighted by Crippen LogP contribution is 2.40. The average Bonchev–Trinajstić information content (AvgIpc) is 3.30. The minimum atomic E-state index is -4.88. The summed E-state index contributed by atoms with van der Waals surface area (Å²) in [7, 11) is 0. The molecule has 1 aromatic carbocycles. The van der Waals surface area contributed by atoms with Crippen molar-refractivity contribution in [2.45, 2.75) is 51.1 Å². The van der Waals surface area contributed by atoms with E-state index in [1.807, 2.05) is 0 Å². The molecule has 4 rings (SSSR count). The maximum absolute atomic E-state index is 13.2. The van der Waals surface area contributed by atoms with E-state index in [-0.39, 0.29) is 16.9 Å². The van der Waals surface area contributed by atoms with Crippen LogP contribution in [0.2, 0.25) is 0 Å². The van der Waals surface area contributed by atoms with Gasteiger partial charge in [-0.3, -0.25) is 20.2 Å². The van der Waals surface area contributed by atoms with Gasteiger partial charge in [-0.2, -0.15) is 0 Å². The minimum absolute atomic E-state index is 0.0753. The number of rotatable bonds is 8. The molecule has 1 fully saturated rings. The first-order valence-corrected chi connectivity index (χ1v) is 11.1. The Balaban J connectivity index is 1.59. The van der Waals surface area contributed by atoms with E-state index < -0.39 is 35.2 Å². The zero-order valence-electron chi connectivity index (χ0n) is 19.3. The van der Waals surface area contributed by atoms with Crippen molar-refractivity contribution in [2.24, 2.45) is 11.6 Å². The zero-order chi connectivity index (χ0) is 26.3. The summed E-state index contributed by atoms with van der Waals surface area (Å²) in [4.78, 5) is 39.3. The number of alkyl halides is 3. The Hall–Kier alpha value is -4.00. The lowest BCUT2D eigenvalue weighted by Gasteiger charge is -2.19. The van der Waals surface area contributed by atoms with Gasteiger partial charge in [-0.15, -0.1) is 13.2 Å². The number of amides is 2. The number of nitrogens with two attached hydrogens (primary N) is 2. The molecule has 2 aliphatic rings. The molecule has 10 nitrogen and oxygen atoms in total. The number of nitrogens with zero attached hydrogens (tertiary/aromatic N) is 1. The second kappa shape index (κ2) is 9.22. The molecule has 0 atom stereocenters. The fraction of sp³-hybridized carbons (Fsp3) is 0.348. The number of carbonyl (C=O) groups is 3. The molecule has 0 unspecified atom stereocenters. The minimum Gasteiger partial charge on any atom is -0.406 e. The van der Waals surface area contributed by atoms with E-state index >= 15 is 0 Å². The summed E-state index contributed by atoms with van der Waals surface area (Å²) in [6.45, 7) is 2.01. The number of halogens is 3. The number of carbonyl (C=O) groups excluding carboxylic acids is 3. The Morgan fingerprint density at radius 2 is 1.94 bits per heavy atom. The summed E-state index contributed by atoms with van der Waals surface area (Å²) in [5.74, 6) is 2.70. The van der Waals surface area contributed by atoms with Gasteiger partial charge >= 0.3 is 6.36 Å². The van der Waals surface area contributed by atoms with Gasteiger partial charge in [-0.25, -0.2) is 0 Å². The van der Waals surface area contributed by atoms with Crippen LogP contribution in [0.1, 0.15) is 51.4 Å². The van der Waals surface area contributed by atoms with Gasteiger partial charge in [0.1, 0.15) is 11.4 Å².